The number of ether oxygens (including phenoxy) is 1. The average molecular weight is 418 g/mol. The molecule has 1 saturated heterocycles. The number of hydrogen-bond donors (Lipinski definition) is 1. The Kier molecular flexibility index (Phi) is 5.50. The molecule has 8 heteroatoms. The van der Waals surface area contributed by atoms with Gasteiger partial charge < -0.3 is 14.6 Å². The Morgan fingerprint density at radius 1 is 1.17 bits per heavy atom. The van der Waals surface area contributed by atoms with E-state index in [1.165, 1.54) is 22.1 Å². The van der Waals surface area contributed by atoms with E-state index < -0.39 is 10.0 Å². The van der Waals surface area contributed by atoms with E-state index in [0.29, 0.717) is 37.9 Å². The summed E-state index contributed by atoms with van der Waals surface area (Å²) in [6.07, 6.45) is 3.68. The number of aryl methyl sites for hydroxylation is 2. The summed E-state index contributed by atoms with van der Waals surface area (Å²) in [6, 6.07) is 9.62. The van der Waals surface area contributed by atoms with Gasteiger partial charge in [-0.2, -0.15) is 4.31 Å². The molecule has 0 radical (unpaired) electrons. The lowest BCUT2D eigenvalue weighted by atomic mass is 10.0. The molecule has 29 heavy (non-hydrogen) atoms. The van der Waals surface area contributed by atoms with E-state index in [-0.39, 0.29) is 16.8 Å². The van der Waals surface area contributed by atoms with Crippen LogP contribution in [0.4, 0.5) is 0 Å². The summed E-state index contributed by atoms with van der Waals surface area (Å²) in [5.41, 5.74) is 2.60. The maximum Gasteiger partial charge on any atom is 0.268 e. The maximum absolute atomic E-state index is 13.0. The van der Waals surface area contributed by atoms with Crippen LogP contribution in [0.2, 0.25) is 0 Å². The van der Waals surface area contributed by atoms with Gasteiger partial charge in [-0.05, 0) is 37.3 Å². The second kappa shape index (κ2) is 7.93. The molecule has 1 atom stereocenters. The minimum absolute atomic E-state index is 0.0581. The lowest BCUT2D eigenvalue weighted by Crippen LogP contribution is -2.40. The summed E-state index contributed by atoms with van der Waals surface area (Å²) in [6.45, 7) is 3.47. The predicted octanol–water partition coefficient (Wildman–Crippen LogP) is 2.24. The fourth-order valence-electron chi connectivity index (χ4n) is 3.73. The highest BCUT2D eigenvalue weighted by atomic mass is 32.2. The van der Waals surface area contributed by atoms with Crippen molar-refractivity contribution in [1.29, 1.82) is 0 Å². The first-order chi connectivity index (χ1) is 13.9. The molecule has 1 aromatic heterocycles. The van der Waals surface area contributed by atoms with Crippen molar-refractivity contribution in [2.45, 2.75) is 30.7 Å². The number of nitrogens with one attached hydrogen (secondary N) is 1. The van der Waals surface area contributed by atoms with E-state index in [4.69, 9.17) is 4.74 Å². The number of morpholine rings is 1. The molecule has 1 aliphatic heterocycles. The van der Waals surface area contributed by atoms with Crippen LogP contribution < -0.4 is 5.32 Å². The summed E-state index contributed by atoms with van der Waals surface area (Å²) < 4.78 is 34.0. The van der Waals surface area contributed by atoms with Crippen molar-refractivity contribution >= 4 is 15.9 Å². The lowest BCUT2D eigenvalue weighted by molar-refractivity contribution is 0.0730. The Hall–Kier alpha value is -2.16. The third-order valence-electron chi connectivity index (χ3n) is 5.64. The number of benzene rings is 1. The number of aromatic nitrogens is 1. The third kappa shape index (κ3) is 4.24. The Balaban J connectivity index is 1.55. The molecule has 2 aromatic rings. The Bertz CT molecular complexity index is 987. The highest BCUT2D eigenvalue weighted by Gasteiger charge is 2.34. The highest BCUT2D eigenvalue weighted by molar-refractivity contribution is 7.89. The highest BCUT2D eigenvalue weighted by Crippen LogP contribution is 2.41. The van der Waals surface area contributed by atoms with Gasteiger partial charge in [-0.1, -0.05) is 29.8 Å². The Morgan fingerprint density at radius 3 is 2.45 bits per heavy atom. The molecule has 7 nitrogen and oxygen atoms in total. The number of nitrogens with zero attached hydrogens (tertiary/aromatic N) is 2. The SMILES string of the molecule is Cc1ccc(C(NC(=O)c2cc(S(=O)(=O)N3CCOCC3)cn2C)C2CC2)cc1. The van der Waals surface area contributed by atoms with Gasteiger partial charge in [0.25, 0.3) is 5.91 Å². The zero-order chi connectivity index (χ0) is 20.6. The second-order valence-electron chi connectivity index (χ2n) is 7.89. The minimum Gasteiger partial charge on any atom is -0.379 e. The molecule has 2 heterocycles. The van der Waals surface area contributed by atoms with Crippen molar-refractivity contribution in [3.63, 3.8) is 0 Å². The van der Waals surface area contributed by atoms with E-state index in [0.717, 1.165) is 18.4 Å². The third-order valence-corrected chi connectivity index (χ3v) is 7.50. The molecule has 2 aliphatic rings. The quantitative estimate of drug-likeness (QED) is 0.782. The number of carbonyl (C=O) groups excluding carboxylic acids is 1. The van der Waals surface area contributed by atoms with Gasteiger partial charge in [-0.25, -0.2) is 8.42 Å². The fourth-order valence-corrected chi connectivity index (χ4v) is 5.21. The van der Waals surface area contributed by atoms with E-state index >= 15 is 0 Å². The van der Waals surface area contributed by atoms with Crippen LogP contribution in [0.25, 0.3) is 0 Å². The van der Waals surface area contributed by atoms with Gasteiger partial charge in [0.15, 0.2) is 0 Å². The van der Waals surface area contributed by atoms with Crippen LogP contribution in [0.15, 0.2) is 41.4 Å². The van der Waals surface area contributed by atoms with Crippen molar-refractivity contribution in [3.05, 3.63) is 53.3 Å². The molecular formula is C21H27N3O4S. The van der Waals surface area contributed by atoms with Gasteiger partial charge >= 0.3 is 0 Å². The normalized spacial score (nSPS) is 19.1. The molecule has 0 spiro atoms. The molecule has 1 unspecified atom stereocenters. The summed E-state index contributed by atoms with van der Waals surface area (Å²) in [4.78, 5) is 13.1. The standard InChI is InChI=1S/C21H27N3O4S/c1-15-3-5-16(6-4-15)20(17-7-8-17)22-21(25)19-13-18(14-23(19)2)29(26,27)24-9-11-28-12-10-24/h3-6,13-14,17,20H,7-12H2,1-2H3,(H,22,25). The van der Waals surface area contributed by atoms with E-state index in [1.54, 1.807) is 11.6 Å². The van der Waals surface area contributed by atoms with E-state index in [9.17, 15) is 13.2 Å². The van der Waals surface area contributed by atoms with Crippen LogP contribution in [-0.4, -0.2) is 49.5 Å². The molecule has 4 rings (SSSR count). The van der Waals surface area contributed by atoms with Crippen LogP contribution in [0.5, 0.6) is 0 Å². The van der Waals surface area contributed by atoms with Gasteiger partial charge in [0.05, 0.1) is 19.3 Å². The number of rotatable bonds is 6. The molecule has 1 saturated carbocycles. The summed E-state index contributed by atoms with van der Waals surface area (Å²) in [5.74, 6) is 0.173. The predicted molar refractivity (Wildman–Crippen MR) is 109 cm³/mol. The number of amides is 1. The van der Waals surface area contributed by atoms with Crippen LogP contribution in [0.1, 0.15) is 40.5 Å². The molecule has 0 bridgehead atoms. The van der Waals surface area contributed by atoms with Crippen LogP contribution in [0, 0.1) is 12.8 Å². The fraction of sp³-hybridized carbons (Fsp3) is 0.476. The molecule has 1 aliphatic carbocycles. The topological polar surface area (TPSA) is 80.6 Å². The van der Waals surface area contributed by atoms with Gasteiger partial charge in [0, 0.05) is 26.3 Å². The lowest BCUT2D eigenvalue weighted by Gasteiger charge is -2.25. The van der Waals surface area contributed by atoms with Crippen molar-refractivity contribution in [2.75, 3.05) is 26.3 Å². The number of hydrogen-bond acceptors (Lipinski definition) is 4. The van der Waals surface area contributed by atoms with Gasteiger partial charge in [0.2, 0.25) is 10.0 Å². The molecule has 1 amide bonds. The van der Waals surface area contributed by atoms with Gasteiger partial charge in [-0.3, -0.25) is 4.79 Å². The first-order valence-corrected chi connectivity index (χ1v) is 11.4. The van der Waals surface area contributed by atoms with E-state index in [2.05, 4.69) is 17.4 Å². The average Bonchev–Trinajstić information content (AvgIpc) is 3.48. The Labute approximate surface area is 171 Å². The van der Waals surface area contributed by atoms with Crippen molar-refractivity contribution < 1.29 is 17.9 Å². The monoisotopic (exact) mass is 417 g/mol. The molecular weight excluding hydrogens is 390 g/mol. The van der Waals surface area contributed by atoms with E-state index in [1.807, 2.05) is 19.1 Å². The van der Waals surface area contributed by atoms with Crippen LogP contribution in [0.3, 0.4) is 0 Å². The van der Waals surface area contributed by atoms with Crippen molar-refractivity contribution in [3.8, 4) is 0 Å². The van der Waals surface area contributed by atoms with Crippen LogP contribution in [-0.2, 0) is 21.8 Å². The van der Waals surface area contributed by atoms with Crippen molar-refractivity contribution in [2.24, 2.45) is 13.0 Å². The number of sulfonamides is 1. The first-order valence-electron chi connectivity index (χ1n) is 9.98. The second-order valence-corrected chi connectivity index (χ2v) is 9.83. The van der Waals surface area contributed by atoms with Gasteiger partial charge in [-0.15, -0.1) is 0 Å². The first kappa shape index (κ1) is 20.1. The Morgan fingerprint density at radius 2 is 1.83 bits per heavy atom. The van der Waals surface area contributed by atoms with Crippen LogP contribution >= 0.6 is 0 Å². The maximum atomic E-state index is 13.0. The van der Waals surface area contributed by atoms with Crippen molar-refractivity contribution in [1.82, 2.24) is 14.2 Å². The zero-order valence-electron chi connectivity index (χ0n) is 16.8. The number of carbonyl (C=O) groups is 1. The zero-order valence-corrected chi connectivity index (χ0v) is 17.6. The minimum atomic E-state index is -3.63. The summed E-state index contributed by atoms with van der Waals surface area (Å²) >= 11 is 0. The molecule has 1 aromatic carbocycles. The largest absolute Gasteiger partial charge is 0.379 e. The smallest absolute Gasteiger partial charge is 0.268 e. The molecule has 156 valence electrons. The molecule has 2 fully saturated rings. The summed E-state index contributed by atoms with van der Waals surface area (Å²) in [5, 5.41) is 3.13. The molecule has 1 N–H and O–H groups in total. The van der Waals surface area contributed by atoms with Gasteiger partial charge in [0.1, 0.15) is 10.6 Å². The summed E-state index contributed by atoms with van der Waals surface area (Å²) in [7, 11) is -1.93.